The van der Waals surface area contributed by atoms with E-state index in [-0.39, 0.29) is 0 Å². The molecule has 0 aromatic heterocycles. The molecule has 0 amide bonds. The van der Waals surface area contributed by atoms with Crippen molar-refractivity contribution in [3.05, 3.63) is 0 Å². The fraction of sp³-hybridized carbons (Fsp3) is 0. The van der Waals surface area contributed by atoms with Gasteiger partial charge in [0.2, 0.25) is 5.11 Å². The molecule has 2 aliphatic heterocycles. The zero-order valence-electron chi connectivity index (χ0n) is 3.87. The van der Waals surface area contributed by atoms with Gasteiger partial charge in [0.1, 0.15) is 6.34 Å². The van der Waals surface area contributed by atoms with Crippen LogP contribution in [0.4, 0.5) is 0 Å². The third-order valence-corrected chi connectivity index (χ3v) is 1.93. The molecule has 4 nitrogen and oxygen atoms in total. The Morgan fingerprint density at radius 2 is 2.75 bits per heavy atom. The molecule has 0 bridgehead atoms. The van der Waals surface area contributed by atoms with Gasteiger partial charge in [0.05, 0.1) is 0 Å². The minimum Gasteiger partial charge on any atom is -0.397 e. The summed E-state index contributed by atoms with van der Waals surface area (Å²) in [4.78, 5) is 3.84. The van der Waals surface area contributed by atoms with E-state index in [4.69, 9.17) is 4.18 Å². The van der Waals surface area contributed by atoms with E-state index in [0.717, 1.165) is 5.11 Å². The molecule has 0 aromatic carbocycles. The second-order valence-electron chi connectivity index (χ2n) is 1.26. The molecule has 2 heterocycles. The number of nitrogens with zero attached hydrogens (tertiary/aromatic N) is 2. The van der Waals surface area contributed by atoms with Crippen LogP contribution in [0, 0.1) is 0 Å². The Labute approximate surface area is 48.6 Å². The minimum atomic E-state index is -0.415. The predicted octanol–water partition coefficient (Wildman–Crippen LogP) is -0.137. The van der Waals surface area contributed by atoms with Gasteiger partial charge < -0.3 is 9.50 Å². The van der Waals surface area contributed by atoms with Crippen molar-refractivity contribution in [2.24, 2.45) is 9.39 Å². The molecular formula is C3H3N3OS. The van der Waals surface area contributed by atoms with E-state index in [1.54, 1.807) is 6.34 Å². The molecule has 0 radical (unpaired) electrons. The van der Waals surface area contributed by atoms with Gasteiger partial charge in [-0.15, -0.1) is 0 Å². The van der Waals surface area contributed by atoms with E-state index in [9.17, 15) is 0 Å². The first-order chi connectivity index (χ1) is 3.97. The Balaban J connectivity index is 2.41. The monoisotopic (exact) mass is 129 g/mol. The van der Waals surface area contributed by atoms with E-state index in [1.165, 1.54) is 6.40 Å². The summed E-state index contributed by atoms with van der Waals surface area (Å²) in [6, 6.07) is 0. The molecule has 42 valence electrons. The molecule has 2 aliphatic rings. The average molecular weight is 129 g/mol. The van der Waals surface area contributed by atoms with Crippen molar-refractivity contribution in [3.63, 3.8) is 0 Å². The highest BCUT2D eigenvalue weighted by molar-refractivity contribution is 8.11. The lowest BCUT2D eigenvalue weighted by molar-refractivity contribution is 0.679. The van der Waals surface area contributed by atoms with Gasteiger partial charge in [0.25, 0.3) is 0 Å². The Morgan fingerprint density at radius 3 is 3.62 bits per heavy atom. The van der Waals surface area contributed by atoms with Crippen LogP contribution in [0.2, 0.25) is 0 Å². The Bertz CT molecular complexity index is 185. The lowest BCUT2D eigenvalue weighted by Crippen LogP contribution is -2.12. The summed E-state index contributed by atoms with van der Waals surface area (Å²) >= 11 is 0. The molecule has 1 unspecified atom stereocenters. The van der Waals surface area contributed by atoms with Gasteiger partial charge in [-0.3, -0.25) is 0 Å². The average Bonchev–Trinajstić information content (AvgIpc) is 2.15. The van der Waals surface area contributed by atoms with Gasteiger partial charge >= 0.3 is 0 Å². The first-order valence-electron chi connectivity index (χ1n) is 2.07. The first kappa shape index (κ1) is 4.08. The molecule has 1 N–H and O–H groups in total. The van der Waals surface area contributed by atoms with Crippen molar-refractivity contribution < 1.29 is 4.18 Å². The van der Waals surface area contributed by atoms with Crippen molar-refractivity contribution in [1.29, 1.82) is 0 Å². The Kier molecular flexibility index (Phi) is 0.672. The van der Waals surface area contributed by atoms with E-state index in [1.807, 2.05) is 0 Å². The molecule has 0 aromatic rings. The molecule has 5 heteroatoms. The van der Waals surface area contributed by atoms with Gasteiger partial charge in [-0.05, 0) is 0 Å². The maximum Gasteiger partial charge on any atom is 0.219 e. The van der Waals surface area contributed by atoms with Gasteiger partial charge in [-0.1, -0.05) is 0 Å². The summed E-state index contributed by atoms with van der Waals surface area (Å²) in [5, 5.41) is 3.64. The number of hydrogen-bond acceptors (Lipinski definition) is 4. The lowest BCUT2D eigenvalue weighted by Gasteiger charge is -1.85. The molecule has 0 aliphatic carbocycles. The predicted molar refractivity (Wildman–Crippen MR) is 33.8 cm³/mol. The van der Waals surface area contributed by atoms with Crippen molar-refractivity contribution >= 4 is 28.8 Å². The molecule has 0 saturated carbocycles. The summed E-state index contributed by atoms with van der Waals surface area (Å²) in [6.07, 6.45) is 3.00. The fourth-order valence-electron chi connectivity index (χ4n) is 0.493. The Hall–Kier alpha value is -0.840. The molecule has 1 atom stereocenters. The van der Waals surface area contributed by atoms with Crippen LogP contribution in [0.3, 0.4) is 0 Å². The number of aliphatic imine (C=N–C) groups is 1. The normalized spacial score (nSPS) is 30.0. The van der Waals surface area contributed by atoms with Gasteiger partial charge in [-0.2, -0.15) is 9.39 Å². The largest absolute Gasteiger partial charge is 0.397 e. The topological polar surface area (TPSA) is 46.0 Å². The van der Waals surface area contributed by atoms with Crippen LogP contribution in [0.5, 0.6) is 0 Å². The molecular weight excluding hydrogens is 126 g/mol. The lowest BCUT2D eigenvalue weighted by atomic mass is 11.0. The van der Waals surface area contributed by atoms with Gasteiger partial charge in [-0.25, -0.2) is 0 Å². The standard InChI is InChI=1S/C3H3N3OS/c1-4-3-5-2-7-8(3)6-1/h1-2H,(H,4,6). The van der Waals surface area contributed by atoms with E-state index in [2.05, 4.69) is 14.7 Å². The SMILES string of the molecule is C1=NC2=S(N=CN2)O1. The third kappa shape index (κ3) is 0.389. The fourth-order valence-corrected chi connectivity index (χ4v) is 1.29. The van der Waals surface area contributed by atoms with Crippen molar-refractivity contribution in [2.45, 2.75) is 0 Å². The maximum atomic E-state index is 4.92. The zero-order chi connectivity index (χ0) is 5.40. The minimum absolute atomic E-state index is 0.415. The van der Waals surface area contributed by atoms with Crippen LogP contribution in [0.1, 0.15) is 0 Å². The van der Waals surface area contributed by atoms with Crippen LogP contribution in [0.25, 0.3) is 0 Å². The van der Waals surface area contributed by atoms with E-state index >= 15 is 0 Å². The van der Waals surface area contributed by atoms with Gasteiger partial charge in [0, 0.05) is 0 Å². The molecule has 0 fully saturated rings. The molecule has 0 spiro atoms. The third-order valence-electron chi connectivity index (χ3n) is 0.806. The van der Waals surface area contributed by atoms with E-state index < -0.39 is 11.0 Å². The summed E-state index contributed by atoms with van der Waals surface area (Å²) in [7, 11) is -0.415. The molecule has 0 saturated heterocycles. The summed E-state index contributed by atoms with van der Waals surface area (Å²) in [6.45, 7) is 0. The van der Waals surface area contributed by atoms with Crippen molar-refractivity contribution in [1.82, 2.24) is 5.32 Å². The molecule has 8 heavy (non-hydrogen) atoms. The molecule has 2 rings (SSSR count). The Morgan fingerprint density at radius 1 is 1.75 bits per heavy atom. The first-order valence-corrected chi connectivity index (χ1v) is 3.17. The van der Waals surface area contributed by atoms with Crippen LogP contribution in [0.15, 0.2) is 9.39 Å². The number of hydrogen-bond donors (Lipinski definition) is 1. The number of nitrogens with one attached hydrogen (secondary N) is 1. The summed E-state index contributed by atoms with van der Waals surface area (Å²) in [5.74, 6) is 0. The van der Waals surface area contributed by atoms with Crippen LogP contribution in [-0.2, 0) is 4.18 Å². The van der Waals surface area contributed by atoms with Gasteiger partial charge in [0.15, 0.2) is 17.4 Å². The highest BCUT2D eigenvalue weighted by atomic mass is 32.2. The smallest absolute Gasteiger partial charge is 0.219 e. The van der Waals surface area contributed by atoms with Crippen molar-refractivity contribution in [2.75, 3.05) is 0 Å². The van der Waals surface area contributed by atoms with Crippen LogP contribution in [-0.4, -0.2) is 17.9 Å². The summed E-state index contributed by atoms with van der Waals surface area (Å²) < 4.78 is 8.82. The quantitative estimate of drug-likeness (QED) is 0.463. The van der Waals surface area contributed by atoms with Crippen LogP contribution >= 0.6 is 11.0 Å². The zero-order valence-corrected chi connectivity index (χ0v) is 4.68. The highest BCUT2D eigenvalue weighted by Crippen LogP contribution is 2.22. The summed E-state index contributed by atoms with van der Waals surface area (Å²) in [5.41, 5.74) is 0. The van der Waals surface area contributed by atoms with Crippen LogP contribution < -0.4 is 5.32 Å². The second-order valence-corrected chi connectivity index (χ2v) is 2.55. The van der Waals surface area contributed by atoms with Crippen molar-refractivity contribution in [3.8, 4) is 0 Å². The highest BCUT2D eigenvalue weighted by Gasteiger charge is 2.12. The number of rotatable bonds is 0. The van der Waals surface area contributed by atoms with E-state index in [0.29, 0.717) is 0 Å². The maximum absolute atomic E-state index is 4.92. The second kappa shape index (κ2) is 1.32.